The number of unbranched alkanes of at least 4 members (excludes halogenated alkanes) is 3. The van der Waals surface area contributed by atoms with E-state index in [1.54, 1.807) is 12.7 Å². The molecule has 3 aliphatic rings. The summed E-state index contributed by atoms with van der Waals surface area (Å²) >= 11 is 0. The Morgan fingerprint density at radius 1 is 1.21 bits per heavy atom. The minimum atomic E-state index is -0.0489. The Labute approximate surface area is 177 Å². The standard InChI is InChI=1S/C25H38N2O2/c1-6-7-8-9-10-20-13-18(2)14-22(15-20)24-26-25(29-27(24)4)21-12-11-19(3)23(16-21)17-28-5/h11-12,14-15,18,23-24H,6-10,13,16-17H2,1-5H3. The maximum Gasteiger partial charge on any atom is 0.238 e. The van der Waals surface area contributed by atoms with Gasteiger partial charge in [0, 0.05) is 25.6 Å². The molecular weight excluding hydrogens is 360 g/mol. The van der Waals surface area contributed by atoms with Gasteiger partial charge in [0.1, 0.15) is 0 Å². The highest BCUT2D eigenvalue weighted by atomic mass is 16.7. The lowest BCUT2D eigenvalue weighted by Gasteiger charge is -2.24. The van der Waals surface area contributed by atoms with Crippen LogP contribution in [0, 0.1) is 11.8 Å². The number of likely N-dealkylation sites (N-methyl/N-ethyl adjacent to an activating group) is 1. The summed E-state index contributed by atoms with van der Waals surface area (Å²) in [6, 6.07) is 0. The van der Waals surface area contributed by atoms with Crippen LogP contribution in [0.15, 0.2) is 51.6 Å². The zero-order valence-electron chi connectivity index (χ0n) is 18.9. The number of hydroxylamine groups is 2. The molecule has 0 spiro atoms. The van der Waals surface area contributed by atoms with E-state index < -0.39 is 0 Å². The van der Waals surface area contributed by atoms with Crippen LogP contribution in [0.5, 0.6) is 0 Å². The van der Waals surface area contributed by atoms with Crippen LogP contribution in [0.25, 0.3) is 0 Å². The summed E-state index contributed by atoms with van der Waals surface area (Å²) in [6.45, 7) is 7.49. The first kappa shape index (κ1) is 22.0. The number of methoxy groups -OCH3 is 1. The Morgan fingerprint density at radius 2 is 2.03 bits per heavy atom. The van der Waals surface area contributed by atoms with Gasteiger partial charge < -0.3 is 9.57 Å². The fraction of sp³-hybridized carbons (Fsp3) is 0.640. The predicted octanol–water partition coefficient (Wildman–Crippen LogP) is 5.99. The van der Waals surface area contributed by atoms with Gasteiger partial charge in [0.25, 0.3) is 0 Å². The average molecular weight is 399 g/mol. The maximum atomic E-state index is 6.09. The largest absolute Gasteiger partial charge is 0.384 e. The highest BCUT2D eigenvalue weighted by Crippen LogP contribution is 2.33. The number of hydrogen-bond acceptors (Lipinski definition) is 4. The number of aliphatic imine (C=N–C) groups is 1. The zero-order valence-corrected chi connectivity index (χ0v) is 18.9. The summed E-state index contributed by atoms with van der Waals surface area (Å²) in [7, 11) is 3.76. The van der Waals surface area contributed by atoms with Gasteiger partial charge in [-0.05, 0) is 44.1 Å². The third kappa shape index (κ3) is 5.70. The van der Waals surface area contributed by atoms with Crippen molar-refractivity contribution in [2.24, 2.45) is 16.8 Å². The molecule has 2 aliphatic carbocycles. The Hall–Kier alpha value is -1.65. The maximum absolute atomic E-state index is 6.09. The zero-order chi connectivity index (χ0) is 20.8. The molecule has 0 aromatic rings. The van der Waals surface area contributed by atoms with E-state index in [0.29, 0.717) is 11.8 Å². The van der Waals surface area contributed by atoms with Gasteiger partial charge in [-0.1, -0.05) is 68.6 Å². The first-order valence-corrected chi connectivity index (χ1v) is 11.3. The van der Waals surface area contributed by atoms with Crippen molar-refractivity contribution in [2.45, 2.75) is 71.9 Å². The molecule has 3 atom stereocenters. The topological polar surface area (TPSA) is 34.1 Å². The van der Waals surface area contributed by atoms with E-state index in [1.165, 1.54) is 55.2 Å². The Balaban J connectivity index is 1.72. The first-order valence-electron chi connectivity index (χ1n) is 11.3. The van der Waals surface area contributed by atoms with Crippen LogP contribution in [0.1, 0.15) is 65.7 Å². The number of rotatable bonds is 9. The van der Waals surface area contributed by atoms with Crippen molar-refractivity contribution in [1.82, 2.24) is 5.06 Å². The molecular formula is C25H38N2O2. The van der Waals surface area contributed by atoms with Crippen molar-refractivity contribution < 1.29 is 9.57 Å². The predicted molar refractivity (Wildman–Crippen MR) is 121 cm³/mol. The van der Waals surface area contributed by atoms with Crippen molar-refractivity contribution >= 4 is 5.90 Å². The van der Waals surface area contributed by atoms with E-state index in [0.717, 1.165) is 18.9 Å². The van der Waals surface area contributed by atoms with Crippen molar-refractivity contribution in [2.75, 3.05) is 20.8 Å². The van der Waals surface area contributed by atoms with E-state index in [1.807, 2.05) is 12.1 Å². The molecule has 29 heavy (non-hydrogen) atoms. The molecule has 0 N–H and O–H groups in total. The first-order chi connectivity index (χ1) is 14.0. The third-order valence-corrected chi connectivity index (χ3v) is 6.20. The van der Waals surface area contributed by atoms with Gasteiger partial charge in [-0.3, -0.25) is 0 Å². The number of hydrogen-bond donors (Lipinski definition) is 0. The molecule has 0 radical (unpaired) electrons. The van der Waals surface area contributed by atoms with Gasteiger partial charge in [0.05, 0.1) is 6.61 Å². The van der Waals surface area contributed by atoms with Gasteiger partial charge in [0.2, 0.25) is 5.90 Å². The van der Waals surface area contributed by atoms with Gasteiger partial charge in [-0.2, -0.15) is 0 Å². The van der Waals surface area contributed by atoms with E-state index in [9.17, 15) is 0 Å². The lowest BCUT2D eigenvalue weighted by molar-refractivity contribution is -0.0450. The third-order valence-electron chi connectivity index (χ3n) is 6.20. The Kier molecular flexibility index (Phi) is 7.91. The van der Waals surface area contributed by atoms with Crippen LogP contribution in [-0.2, 0) is 9.57 Å². The summed E-state index contributed by atoms with van der Waals surface area (Å²) in [5.41, 5.74) is 5.38. The molecule has 0 amide bonds. The van der Waals surface area contributed by atoms with E-state index in [2.05, 4.69) is 45.1 Å². The van der Waals surface area contributed by atoms with Crippen LogP contribution < -0.4 is 0 Å². The van der Waals surface area contributed by atoms with E-state index >= 15 is 0 Å². The lowest BCUT2D eigenvalue weighted by atomic mass is 9.87. The molecule has 3 rings (SSSR count). The van der Waals surface area contributed by atoms with Crippen LogP contribution in [0.3, 0.4) is 0 Å². The monoisotopic (exact) mass is 398 g/mol. The molecule has 0 fully saturated rings. The summed E-state index contributed by atoms with van der Waals surface area (Å²) in [5.74, 6) is 1.73. The quantitative estimate of drug-likeness (QED) is 0.447. The number of nitrogens with zero attached hydrogens (tertiary/aromatic N) is 2. The minimum absolute atomic E-state index is 0.0489. The van der Waals surface area contributed by atoms with Crippen LogP contribution >= 0.6 is 0 Å². The average Bonchev–Trinajstić information content (AvgIpc) is 3.08. The molecule has 3 unspecified atom stereocenters. The smallest absolute Gasteiger partial charge is 0.238 e. The van der Waals surface area contributed by atoms with Gasteiger partial charge in [-0.15, -0.1) is 5.06 Å². The van der Waals surface area contributed by atoms with Crippen molar-refractivity contribution in [3.05, 3.63) is 46.6 Å². The highest BCUT2D eigenvalue weighted by Gasteiger charge is 2.32. The number of ether oxygens (including phenoxy) is 1. The summed E-state index contributed by atoms with van der Waals surface area (Å²) in [4.78, 5) is 11.1. The molecule has 0 bridgehead atoms. The molecule has 0 aromatic heterocycles. The fourth-order valence-electron chi connectivity index (χ4n) is 4.50. The molecule has 1 aliphatic heterocycles. The normalized spacial score (nSPS) is 27.6. The second-order valence-electron chi connectivity index (χ2n) is 8.87. The van der Waals surface area contributed by atoms with Gasteiger partial charge >= 0.3 is 0 Å². The summed E-state index contributed by atoms with van der Waals surface area (Å²) in [5, 5.41) is 1.90. The van der Waals surface area contributed by atoms with Gasteiger partial charge in [-0.25, -0.2) is 4.99 Å². The van der Waals surface area contributed by atoms with Crippen molar-refractivity contribution in [3.8, 4) is 0 Å². The van der Waals surface area contributed by atoms with E-state index in [4.69, 9.17) is 14.6 Å². The second-order valence-corrected chi connectivity index (χ2v) is 8.87. The Morgan fingerprint density at radius 3 is 2.79 bits per heavy atom. The SMILES string of the molecule is CCCCCCC1=CC(C2N=C(C3=CC=C(C)C(COC)C3)ON2C)=CC(C)C1. The second kappa shape index (κ2) is 10.4. The molecule has 1 heterocycles. The molecule has 4 heteroatoms. The minimum Gasteiger partial charge on any atom is -0.384 e. The van der Waals surface area contributed by atoms with Crippen LogP contribution in [-0.4, -0.2) is 37.9 Å². The van der Waals surface area contributed by atoms with Crippen molar-refractivity contribution in [1.29, 1.82) is 0 Å². The lowest BCUT2D eigenvalue weighted by Crippen LogP contribution is -2.28. The van der Waals surface area contributed by atoms with Gasteiger partial charge in [0.15, 0.2) is 6.17 Å². The molecule has 0 saturated heterocycles. The number of allylic oxidation sites excluding steroid dienone is 4. The van der Waals surface area contributed by atoms with Crippen LogP contribution in [0.4, 0.5) is 0 Å². The highest BCUT2D eigenvalue weighted by molar-refractivity contribution is 5.95. The van der Waals surface area contributed by atoms with E-state index in [-0.39, 0.29) is 6.17 Å². The van der Waals surface area contributed by atoms with Crippen LogP contribution in [0.2, 0.25) is 0 Å². The fourth-order valence-corrected chi connectivity index (χ4v) is 4.50. The molecule has 0 aromatic carbocycles. The Bertz CT molecular complexity index is 729. The summed E-state index contributed by atoms with van der Waals surface area (Å²) < 4.78 is 5.40. The molecule has 0 saturated carbocycles. The molecule has 160 valence electrons. The summed E-state index contributed by atoms with van der Waals surface area (Å²) in [6.07, 6.45) is 17.6. The molecule has 4 nitrogen and oxygen atoms in total. The van der Waals surface area contributed by atoms with Crippen molar-refractivity contribution in [3.63, 3.8) is 0 Å².